The van der Waals surface area contributed by atoms with Crippen LogP contribution in [0.5, 0.6) is 0 Å². The van der Waals surface area contributed by atoms with Crippen molar-refractivity contribution in [2.24, 2.45) is 0 Å². The Morgan fingerprint density at radius 3 is 1.77 bits per heavy atom. The molecule has 0 aromatic rings. The van der Waals surface area contributed by atoms with Gasteiger partial charge in [-0.1, -0.05) is 83.3 Å². The van der Waals surface area contributed by atoms with Crippen LogP contribution >= 0.6 is 7.82 Å². The Bertz CT molecular complexity index is 630. The average Bonchev–Trinajstić information content (AvgIpc) is 2.82. The van der Waals surface area contributed by atoms with Gasteiger partial charge in [0.1, 0.15) is 19.3 Å². The van der Waals surface area contributed by atoms with E-state index >= 15 is 0 Å². The largest absolute Gasteiger partial charge is 0.472 e. The molecule has 2 atom stereocenters. The van der Waals surface area contributed by atoms with E-state index < -0.39 is 19.5 Å². The van der Waals surface area contributed by atoms with Crippen LogP contribution in [0.25, 0.3) is 0 Å². The fraction of sp³-hybridized carbons (Fsp3) is 0.935. The predicted molar refractivity (Wildman–Crippen MR) is 164 cm³/mol. The second-order valence-corrected chi connectivity index (χ2v) is 14.3. The lowest BCUT2D eigenvalue weighted by Gasteiger charge is -2.28. The van der Waals surface area contributed by atoms with E-state index in [2.05, 4.69) is 19.1 Å². The molecule has 0 spiro atoms. The zero-order chi connectivity index (χ0) is 29.5. The molecule has 0 aliphatic rings. The van der Waals surface area contributed by atoms with Gasteiger partial charge < -0.3 is 18.9 Å². The smallest absolute Gasteiger partial charge is 0.379 e. The van der Waals surface area contributed by atoms with E-state index in [-0.39, 0.29) is 13.2 Å². The molecule has 0 heterocycles. The number of allylic oxidation sites excluding steroid dienone is 2. The number of rotatable bonds is 27. The van der Waals surface area contributed by atoms with Crippen LogP contribution in [0, 0.1) is 0 Å². The van der Waals surface area contributed by atoms with E-state index in [1.54, 1.807) is 0 Å². The minimum Gasteiger partial charge on any atom is -0.379 e. The molecule has 0 fully saturated rings. The average molecular weight is 579 g/mol. The topological polar surface area (TPSA) is 74.2 Å². The Kier molecular flexibility index (Phi) is 23.1. The summed E-state index contributed by atoms with van der Waals surface area (Å²) in [6.07, 6.45) is 23.7. The van der Waals surface area contributed by atoms with Crippen molar-refractivity contribution in [2.45, 2.75) is 136 Å². The van der Waals surface area contributed by atoms with Crippen LogP contribution in [0.2, 0.25) is 0 Å². The molecular weight excluding hydrogens is 513 g/mol. The molecule has 0 saturated heterocycles. The lowest BCUT2D eigenvalue weighted by molar-refractivity contribution is -0.870. The molecule has 0 saturated carbocycles. The summed E-state index contributed by atoms with van der Waals surface area (Å²) < 4.78 is 35.0. The van der Waals surface area contributed by atoms with E-state index in [4.69, 9.17) is 18.5 Å². The van der Waals surface area contributed by atoms with Crippen LogP contribution in [0.3, 0.4) is 0 Å². The zero-order valence-corrected chi connectivity index (χ0v) is 27.7. The molecule has 0 aromatic heterocycles. The number of unbranched alkanes of at least 4 members (excludes halogenated alkanes) is 13. The minimum absolute atomic E-state index is 0.0563. The number of ether oxygens (including phenoxy) is 2. The van der Waals surface area contributed by atoms with Gasteiger partial charge in [0.2, 0.25) is 0 Å². The fourth-order valence-corrected chi connectivity index (χ4v) is 4.85. The van der Waals surface area contributed by atoms with Crippen molar-refractivity contribution in [1.82, 2.24) is 0 Å². The van der Waals surface area contributed by atoms with E-state index in [0.717, 1.165) is 19.3 Å². The summed E-state index contributed by atoms with van der Waals surface area (Å²) in [5.41, 5.74) is -0.415. The van der Waals surface area contributed by atoms with Gasteiger partial charge in [0.05, 0.1) is 40.0 Å². The minimum atomic E-state index is -4.13. The van der Waals surface area contributed by atoms with Gasteiger partial charge in [-0.05, 0) is 52.9 Å². The number of hydrogen-bond acceptors (Lipinski definition) is 5. The van der Waals surface area contributed by atoms with Crippen molar-refractivity contribution >= 4 is 7.82 Å². The Labute approximate surface area is 242 Å². The molecule has 0 radical (unpaired) electrons. The van der Waals surface area contributed by atoms with Gasteiger partial charge in [-0.25, -0.2) is 4.57 Å². The Balaban J connectivity index is 3.87. The highest BCUT2D eigenvalue weighted by atomic mass is 31.2. The van der Waals surface area contributed by atoms with Crippen LogP contribution in [0.1, 0.15) is 124 Å². The second-order valence-electron chi connectivity index (χ2n) is 12.8. The maximum atomic E-state index is 12.2. The highest BCUT2D eigenvalue weighted by molar-refractivity contribution is 7.47. The number of phosphoric acid groups is 1. The van der Waals surface area contributed by atoms with E-state index in [1.165, 1.54) is 77.0 Å². The standard InChI is InChI=1S/C31H64NO6P/c1-8-9-10-11-12-13-14-15-16-17-18-19-20-21-22-23-24-26-35-28-30(38-31(2,3)4)29-37-39(33,34)36-27-25-32(5,6)7/h19-20,30H,8-18,21-29H2,1-7H3/p+1/b20-19-/t30-/m1/s1. The lowest BCUT2D eigenvalue weighted by Crippen LogP contribution is -2.37. The third kappa shape index (κ3) is 30.5. The van der Waals surface area contributed by atoms with Gasteiger partial charge >= 0.3 is 7.82 Å². The maximum Gasteiger partial charge on any atom is 0.472 e. The van der Waals surface area contributed by atoms with Crippen molar-refractivity contribution in [2.75, 3.05) is 54.1 Å². The summed E-state index contributed by atoms with van der Waals surface area (Å²) in [5.74, 6) is 0. The van der Waals surface area contributed by atoms with Gasteiger partial charge in [0.25, 0.3) is 0 Å². The van der Waals surface area contributed by atoms with E-state index in [9.17, 15) is 9.46 Å². The molecule has 0 aliphatic carbocycles. The van der Waals surface area contributed by atoms with Gasteiger partial charge in [-0.2, -0.15) is 0 Å². The highest BCUT2D eigenvalue weighted by Crippen LogP contribution is 2.43. The van der Waals surface area contributed by atoms with E-state index in [0.29, 0.717) is 24.2 Å². The first-order valence-corrected chi connectivity index (χ1v) is 17.2. The van der Waals surface area contributed by atoms with Crippen molar-refractivity contribution in [3.63, 3.8) is 0 Å². The summed E-state index contributed by atoms with van der Waals surface area (Å²) in [6, 6.07) is 0. The number of quaternary nitrogens is 1. The maximum absolute atomic E-state index is 12.2. The second kappa shape index (κ2) is 23.3. The van der Waals surface area contributed by atoms with Crippen molar-refractivity contribution in [3.05, 3.63) is 12.2 Å². The number of hydrogen-bond donors (Lipinski definition) is 1. The number of nitrogens with zero attached hydrogens (tertiary/aromatic N) is 1. The first-order valence-electron chi connectivity index (χ1n) is 15.7. The van der Waals surface area contributed by atoms with Crippen LogP contribution in [-0.4, -0.2) is 75.2 Å². The van der Waals surface area contributed by atoms with Crippen LogP contribution in [0.15, 0.2) is 12.2 Å². The molecule has 0 bridgehead atoms. The predicted octanol–water partition coefficient (Wildman–Crippen LogP) is 8.45. The molecular formula is C31H65NO6P+. The lowest BCUT2D eigenvalue weighted by atomic mass is 10.1. The summed E-state index contributed by atoms with van der Waals surface area (Å²) in [7, 11) is 1.85. The van der Waals surface area contributed by atoms with E-state index in [1.807, 2.05) is 41.9 Å². The van der Waals surface area contributed by atoms with Gasteiger partial charge in [-0.15, -0.1) is 0 Å². The Morgan fingerprint density at radius 2 is 1.26 bits per heavy atom. The molecule has 7 nitrogen and oxygen atoms in total. The fourth-order valence-electron chi connectivity index (χ4n) is 4.10. The van der Waals surface area contributed by atoms with Gasteiger partial charge in [0.15, 0.2) is 0 Å². The summed E-state index contributed by atoms with van der Waals surface area (Å²) in [5, 5.41) is 0. The first-order chi connectivity index (χ1) is 18.3. The molecule has 1 N–H and O–H groups in total. The van der Waals surface area contributed by atoms with Crippen LogP contribution < -0.4 is 0 Å². The quantitative estimate of drug-likeness (QED) is 0.0456. The van der Waals surface area contributed by atoms with Gasteiger partial charge in [-0.3, -0.25) is 9.05 Å². The summed E-state index contributed by atoms with van der Waals surface area (Å²) in [6.45, 7) is 9.76. The number of phosphoric ester groups is 1. The van der Waals surface area contributed by atoms with Crippen molar-refractivity contribution in [1.29, 1.82) is 0 Å². The summed E-state index contributed by atoms with van der Waals surface area (Å²) in [4.78, 5) is 10.00. The summed E-state index contributed by atoms with van der Waals surface area (Å²) >= 11 is 0. The molecule has 234 valence electrons. The molecule has 1 unspecified atom stereocenters. The Hall–Kier alpha value is -0.270. The Morgan fingerprint density at radius 1 is 0.744 bits per heavy atom. The third-order valence-electron chi connectivity index (χ3n) is 6.31. The highest BCUT2D eigenvalue weighted by Gasteiger charge is 2.27. The monoisotopic (exact) mass is 578 g/mol. The van der Waals surface area contributed by atoms with Crippen LogP contribution in [0.4, 0.5) is 0 Å². The van der Waals surface area contributed by atoms with Crippen molar-refractivity contribution < 1.29 is 32.5 Å². The molecule has 0 amide bonds. The van der Waals surface area contributed by atoms with Crippen molar-refractivity contribution in [3.8, 4) is 0 Å². The normalized spacial score (nSPS) is 15.2. The zero-order valence-electron chi connectivity index (χ0n) is 26.8. The SMILES string of the molecule is CCCCCCCCCCCC/C=C\CCCCCOC[C@H](COP(=O)(O)OCC[N+](C)(C)C)OC(C)(C)C. The van der Waals surface area contributed by atoms with Gasteiger partial charge in [0, 0.05) is 6.61 Å². The molecule has 0 aromatic carbocycles. The molecule has 0 rings (SSSR count). The first kappa shape index (κ1) is 38.7. The van der Waals surface area contributed by atoms with Crippen LogP contribution in [-0.2, 0) is 23.1 Å². The third-order valence-corrected chi connectivity index (χ3v) is 7.30. The molecule has 0 aliphatic heterocycles. The molecule has 39 heavy (non-hydrogen) atoms. The number of likely N-dealkylation sites (N-methyl/N-ethyl adjacent to an activating group) is 1. The molecule has 8 heteroatoms.